The molecule has 3 nitrogen and oxygen atoms in total. The van der Waals surface area contributed by atoms with Gasteiger partial charge in [0, 0.05) is 0 Å². The van der Waals surface area contributed by atoms with Gasteiger partial charge in [0.2, 0.25) is 0 Å². The molecule has 3 heteroatoms. The number of carbonyl (C=O) groups excluding carboxylic acids is 1. The Morgan fingerprint density at radius 1 is 1.33 bits per heavy atom. The van der Waals surface area contributed by atoms with Crippen LogP contribution in [0.1, 0.15) is 0 Å². The SMILES string of the molecule is O=C1COOC1. The molecule has 0 N–H and O–H groups in total. The van der Waals surface area contributed by atoms with Crippen molar-refractivity contribution in [1.29, 1.82) is 0 Å². The highest BCUT2D eigenvalue weighted by molar-refractivity contribution is 5.81. The van der Waals surface area contributed by atoms with E-state index in [1.54, 1.807) is 0 Å². The predicted octanol–water partition coefficient (Wildman–Crippen LogP) is -0.483. The number of hydrogen-bond acceptors (Lipinski definition) is 3. The molecule has 0 aromatic rings. The molecular weight excluding hydrogens is 84.0 g/mol. The van der Waals surface area contributed by atoms with Gasteiger partial charge in [-0.05, 0) is 0 Å². The third-order valence-electron chi connectivity index (χ3n) is 0.523. The maximum Gasteiger partial charge on any atom is 0.190 e. The van der Waals surface area contributed by atoms with E-state index in [9.17, 15) is 4.79 Å². The van der Waals surface area contributed by atoms with E-state index >= 15 is 0 Å². The lowest BCUT2D eigenvalue weighted by Gasteiger charge is -1.75. The molecule has 1 heterocycles. The molecule has 1 saturated heterocycles. The van der Waals surface area contributed by atoms with Crippen molar-refractivity contribution in [2.75, 3.05) is 13.2 Å². The summed E-state index contributed by atoms with van der Waals surface area (Å²) in [6, 6.07) is 0. The molecule has 0 saturated carbocycles. The van der Waals surface area contributed by atoms with Crippen molar-refractivity contribution in [3.05, 3.63) is 0 Å². The first-order valence-electron chi connectivity index (χ1n) is 1.66. The van der Waals surface area contributed by atoms with Gasteiger partial charge in [-0.3, -0.25) is 4.79 Å². The summed E-state index contributed by atoms with van der Waals surface area (Å²) in [6.45, 7) is 0.250. The van der Waals surface area contributed by atoms with E-state index in [1.807, 2.05) is 0 Å². The summed E-state index contributed by atoms with van der Waals surface area (Å²) in [4.78, 5) is 18.4. The molecule has 0 aliphatic carbocycles. The first kappa shape index (κ1) is 3.77. The van der Waals surface area contributed by atoms with Gasteiger partial charge in [-0.2, -0.15) is 0 Å². The molecule has 0 aromatic carbocycles. The Bertz CT molecular complexity index is 60.4. The van der Waals surface area contributed by atoms with E-state index in [4.69, 9.17) is 0 Å². The van der Waals surface area contributed by atoms with Gasteiger partial charge >= 0.3 is 0 Å². The Balaban J connectivity index is 2.37. The Kier molecular flexibility index (Phi) is 0.856. The van der Waals surface area contributed by atoms with Crippen LogP contribution in [0.5, 0.6) is 0 Å². The molecule has 6 heavy (non-hydrogen) atoms. The largest absolute Gasteiger partial charge is 0.294 e. The Morgan fingerprint density at radius 2 is 1.83 bits per heavy atom. The van der Waals surface area contributed by atoms with Crippen LogP contribution in [-0.2, 0) is 14.6 Å². The first-order valence-corrected chi connectivity index (χ1v) is 1.66. The summed E-state index contributed by atoms with van der Waals surface area (Å²) in [5.41, 5.74) is 0. The van der Waals surface area contributed by atoms with Gasteiger partial charge in [0.25, 0.3) is 0 Å². The van der Waals surface area contributed by atoms with Crippen molar-refractivity contribution in [2.24, 2.45) is 0 Å². The fourth-order valence-electron chi connectivity index (χ4n) is 0.256. The van der Waals surface area contributed by atoms with E-state index in [-0.39, 0.29) is 19.0 Å². The van der Waals surface area contributed by atoms with Crippen molar-refractivity contribution in [3.63, 3.8) is 0 Å². The second-order valence-corrected chi connectivity index (χ2v) is 1.06. The normalized spacial score (nSPS) is 22.3. The van der Waals surface area contributed by atoms with Crippen molar-refractivity contribution in [1.82, 2.24) is 0 Å². The third-order valence-corrected chi connectivity index (χ3v) is 0.523. The molecule has 1 aliphatic rings. The lowest BCUT2D eigenvalue weighted by atomic mass is 10.5. The van der Waals surface area contributed by atoms with Crippen molar-refractivity contribution < 1.29 is 14.6 Å². The highest BCUT2D eigenvalue weighted by atomic mass is 17.2. The summed E-state index contributed by atoms with van der Waals surface area (Å²) >= 11 is 0. The van der Waals surface area contributed by atoms with Gasteiger partial charge in [-0.25, -0.2) is 9.78 Å². The number of ketones is 1. The van der Waals surface area contributed by atoms with Gasteiger partial charge in [-0.1, -0.05) is 0 Å². The van der Waals surface area contributed by atoms with Crippen LogP contribution in [0.4, 0.5) is 0 Å². The number of hydrogen-bond donors (Lipinski definition) is 0. The Hall–Kier alpha value is -0.410. The smallest absolute Gasteiger partial charge is 0.190 e. The van der Waals surface area contributed by atoms with Gasteiger partial charge in [-0.15, -0.1) is 0 Å². The van der Waals surface area contributed by atoms with Gasteiger partial charge < -0.3 is 0 Å². The fraction of sp³-hybridized carbons (Fsp3) is 0.667. The number of rotatable bonds is 0. The van der Waals surface area contributed by atoms with Gasteiger partial charge in [0.05, 0.1) is 0 Å². The molecule has 0 atom stereocenters. The Morgan fingerprint density at radius 3 is 2.00 bits per heavy atom. The highest BCUT2D eigenvalue weighted by Gasteiger charge is 2.09. The van der Waals surface area contributed by atoms with Crippen LogP contribution in [0.25, 0.3) is 0 Å². The zero-order valence-corrected chi connectivity index (χ0v) is 3.14. The van der Waals surface area contributed by atoms with Crippen molar-refractivity contribution >= 4 is 5.78 Å². The van der Waals surface area contributed by atoms with Gasteiger partial charge in [0.15, 0.2) is 5.78 Å². The molecule has 0 amide bonds. The van der Waals surface area contributed by atoms with Crippen LogP contribution in [-0.4, -0.2) is 19.0 Å². The lowest BCUT2D eigenvalue weighted by Crippen LogP contribution is -1.96. The number of carbonyl (C=O) groups is 1. The molecule has 1 aliphatic heterocycles. The summed E-state index contributed by atoms with van der Waals surface area (Å²) in [5, 5.41) is 0. The fourth-order valence-corrected chi connectivity index (χ4v) is 0.256. The molecule has 0 aromatic heterocycles. The molecule has 0 unspecified atom stereocenters. The minimum Gasteiger partial charge on any atom is -0.294 e. The predicted molar refractivity (Wildman–Crippen MR) is 16.9 cm³/mol. The topological polar surface area (TPSA) is 35.5 Å². The second kappa shape index (κ2) is 1.36. The first-order chi connectivity index (χ1) is 2.89. The maximum atomic E-state index is 9.99. The summed E-state index contributed by atoms with van der Waals surface area (Å²) in [7, 11) is 0. The van der Waals surface area contributed by atoms with E-state index in [1.165, 1.54) is 0 Å². The van der Waals surface area contributed by atoms with Crippen LogP contribution in [0.3, 0.4) is 0 Å². The standard InChI is InChI=1S/C3H4O3/c4-3-1-5-6-2-3/h1-2H2. The monoisotopic (exact) mass is 88.0 g/mol. The average Bonchev–Trinajstić information content (AvgIpc) is 1.86. The van der Waals surface area contributed by atoms with E-state index < -0.39 is 0 Å². The zero-order valence-electron chi connectivity index (χ0n) is 3.14. The molecule has 0 radical (unpaired) electrons. The molecule has 0 bridgehead atoms. The number of Topliss-reactive ketones (excluding diaryl/α,β-unsaturated/α-hetero) is 1. The second-order valence-electron chi connectivity index (χ2n) is 1.06. The van der Waals surface area contributed by atoms with E-state index in [2.05, 4.69) is 9.78 Å². The lowest BCUT2D eigenvalue weighted by molar-refractivity contribution is -0.248. The van der Waals surface area contributed by atoms with Crippen LogP contribution >= 0.6 is 0 Å². The molecule has 34 valence electrons. The van der Waals surface area contributed by atoms with Crippen molar-refractivity contribution in [2.45, 2.75) is 0 Å². The van der Waals surface area contributed by atoms with E-state index in [0.717, 1.165) is 0 Å². The minimum absolute atomic E-state index is 0.00926. The molecule has 1 rings (SSSR count). The third kappa shape index (κ3) is 0.555. The quantitative estimate of drug-likeness (QED) is 0.375. The highest BCUT2D eigenvalue weighted by Crippen LogP contribution is 1.89. The molecular formula is C3H4O3. The average molecular weight is 88.1 g/mol. The van der Waals surface area contributed by atoms with Crippen LogP contribution in [0.15, 0.2) is 0 Å². The maximum absolute atomic E-state index is 9.99. The zero-order chi connectivity index (χ0) is 4.41. The van der Waals surface area contributed by atoms with Crippen LogP contribution in [0, 0.1) is 0 Å². The molecule has 0 spiro atoms. The van der Waals surface area contributed by atoms with Crippen molar-refractivity contribution in [3.8, 4) is 0 Å². The van der Waals surface area contributed by atoms with E-state index in [0.29, 0.717) is 0 Å². The van der Waals surface area contributed by atoms with Gasteiger partial charge in [0.1, 0.15) is 13.2 Å². The minimum atomic E-state index is 0.00926. The van der Waals surface area contributed by atoms with Crippen LogP contribution in [0.2, 0.25) is 0 Å². The Labute approximate surface area is 34.8 Å². The van der Waals surface area contributed by atoms with Crippen LogP contribution < -0.4 is 0 Å². The summed E-state index contributed by atoms with van der Waals surface area (Å²) in [5.74, 6) is 0.00926. The molecule has 1 fully saturated rings. The summed E-state index contributed by atoms with van der Waals surface area (Å²) < 4.78 is 0. The summed E-state index contributed by atoms with van der Waals surface area (Å²) in [6.07, 6.45) is 0.